The molecule has 0 radical (unpaired) electrons. The van der Waals surface area contributed by atoms with Crippen molar-refractivity contribution in [2.24, 2.45) is 11.1 Å². The fourth-order valence-corrected chi connectivity index (χ4v) is 9.18. The summed E-state index contributed by atoms with van der Waals surface area (Å²) < 4.78 is 11.4. The number of nitrogens with one attached hydrogen (secondary N) is 2. The zero-order chi connectivity index (χ0) is 37.2. The Bertz CT molecular complexity index is 1930. The Morgan fingerprint density at radius 2 is 1.55 bits per heavy atom. The number of hydrogen-bond donors (Lipinski definition) is 2. The normalized spacial score (nSPS) is 20.4. The van der Waals surface area contributed by atoms with Crippen molar-refractivity contribution in [1.29, 1.82) is 0 Å². The van der Waals surface area contributed by atoms with Crippen LogP contribution in [-0.2, 0) is 34.2 Å². The number of thiazole rings is 1. The SMILES string of the molecule is CO/N=C(\C(=O)N[C@@H]1C(=O)N2C(C(=O)OC(C)(C)C)=C(C3CCOC3)CS[C@H]12)c1csc(NC(c2ccccc2)(c2ccccc2)c2ccccc2)n1. The highest BCUT2D eigenvalue weighted by Crippen LogP contribution is 2.45. The first kappa shape index (κ1) is 36.4. The van der Waals surface area contributed by atoms with Gasteiger partial charge in [0.25, 0.3) is 11.8 Å². The summed E-state index contributed by atoms with van der Waals surface area (Å²) in [5.74, 6) is -1.05. The van der Waals surface area contributed by atoms with E-state index in [0.29, 0.717) is 24.1 Å². The lowest BCUT2D eigenvalue weighted by atomic mass is 9.77. The number of benzene rings is 3. The highest BCUT2D eigenvalue weighted by Gasteiger charge is 2.55. The minimum atomic E-state index is -0.897. The number of fused-ring (bicyclic) bond motifs is 1. The maximum atomic E-state index is 13.9. The number of anilines is 1. The Hall–Kier alpha value is -4.98. The summed E-state index contributed by atoms with van der Waals surface area (Å²) in [5.41, 5.74) is 2.71. The molecule has 2 fully saturated rings. The van der Waals surface area contributed by atoms with Crippen molar-refractivity contribution in [2.75, 3.05) is 31.4 Å². The maximum absolute atomic E-state index is 13.9. The minimum Gasteiger partial charge on any atom is -0.455 e. The van der Waals surface area contributed by atoms with Crippen LogP contribution in [-0.4, -0.2) is 76.5 Å². The number of hydrogen-bond acceptors (Lipinski definition) is 11. The molecule has 0 spiro atoms. The fraction of sp³-hybridized carbons (Fsp3) is 0.325. The molecule has 4 heterocycles. The van der Waals surface area contributed by atoms with E-state index in [0.717, 1.165) is 28.7 Å². The lowest BCUT2D eigenvalue weighted by Crippen LogP contribution is -2.71. The number of carbonyl (C=O) groups is 3. The molecule has 7 rings (SSSR count). The monoisotopic (exact) mass is 751 g/mol. The summed E-state index contributed by atoms with van der Waals surface area (Å²) in [7, 11) is 1.35. The zero-order valence-corrected chi connectivity index (χ0v) is 31.5. The number of ether oxygens (including phenoxy) is 2. The van der Waals surface area contributed by atoms with Crippen molar-refractivity contribution in [3.05, 3.63) is 130 Å². The molecule has 13 heteroatoms. The quantitative estimate of drug-likeness (QED) is 0.0630. The van der Waals surface area contributed by atoms with Gasteiger partial charge in [0.1, 0.15) is 41.1 Å². The first-order valence-corrected chi connectivity index (χ1v) is 19.3. The average Bonchev–Trinajstić information content (AvgIpc) is 3.88. The molecule has 4 aromatic rings. The molecule has 274 valence electrons. The van der Waals surface area contributed by atoms with Crippen LogP contribution in [0.3, 0.4) is 0 Å². The van der Waals surface area contributed by atoms with E-state index in [4.69, 9.17) is 19.3 Å². The molecule has 2 amide bonds. The van der Waals surface area contributed by atoms with Crippen LogP contribution >= 0.6 is 23.1 Å². The second-order valence-electron chi connectivity index (χ2n) is 13.9. The van der Waals surface area contributed by atoms with E-state index in [-0.39, 0.29) is 23.0 Å². The predicted octanol–water partition coefficient (Wildman–Crippen LogP) is 5.93. The van der Waals surface area contributed by atoms with Crippen molar-refractivity contribution in [2.45, 2.75) is 49.7 Å². The summed E-state index contributed by atoms with van der Waals surface area (Å²) >= 11 is 2.82. The molecule has 0 aliphatic carbocycles. The van der Waals surface area contributed by atoms with Gasteiger partial charge in [-0.05, 0) is 49.5 Å². The molecule has 1 aromatic heterocycles. The standard InChI is InChI=1S/C40H41N5O6S2/c1-39(2,3)51-37(48)33-29(25-20-21-50-22-25)23-52-36-32(35(47)45(33)36)42-34(46)31(44-49-4)30-24-53-38(41-30)43-40(26-14-8-5-9-15-26,27-16-10-6-11-17-27)28-18-12-7-13-19-28/h5-19,24-25,32,36H,20-23H2,1-4H3,(H,41,43)(H,42,46)/b44-31-/t25?,32-,36-/m1/s1. The highest BCUT2D eigenvalue weighted by molar-refractivity contribution is 8.00. The second kappa shape index (κ2) is 15.2. The van der Waals surface area contributed by atoms with Crippen LogP contribution in [0.2, 0.25) is 0 Å². The Balaban J connectivity index is 1.15. The van der Waals surface area contributed by atoms with Crippen LogP contribution in [0.4, 0.5) is 5.13 Å². The van der Waals surface area contributed by atoms with E-state index in [9.17, 15) is 14.4 Å². The fourth-order valence-electron chi connectivity index (χ4n) is 6.97. The first-order chi connectivity index (χ1) is 25.6. The van der Waals surface area contributed by atoms with E-state index < -0.39 is 40.3 Å². The van der Waals surface area contributed by atoms with E-state index in [1.54, 1.807) is 26.2 Å². The van der Waals surface area contributed by atoms with Gasteiger partial charge in [-0.15, -0.1) is 23.1 Å². The van der Waals surface area contributed by atoms with Crippen molar-refractivity contribution in [1.82, 2.24) is 15.2 Å². The summed E-state index contributed by atoms with van der Waals surface area (Å²) in [4.78, 5) is 52.7. The molecule has 2 saturated heterocycles. The number of nitrogens with zero attached hydrogens (tertiary/aromatic N) is 3. The van der Waals surface area contributed by atoms with Gasteiger partial charge in [0, 0.05) is 23.7 Å². The third-order valence-corrected chi connectivity index (χ3v) is 11.4. The molecule has 3 aromatic carbocycles. The Kier molecular flexibility index (Phi) is 10.4. The number of rotatable bonds is 11. The predicted molar refractivity (Wildman–Crippen MR) is 205 cm³/mol. The third-order valence-electron chi connectivity index (χ3n) is 9.36. The van der Waals surface area contributed by atoms with E-state index in [1.807, 2.05) is 54.6 Å². The zero-order valence-electron chi connectivity index (χ0n) is 29.9. The van der Waals surface area contributed by atoms with E-state index >= 15 is 0 Å². The van der Waals surface area contributed by atoms with Gasteiger partial charge in [-0.1, -0.05) is 96.2 Å². The summed E-state index contributed by atoms with van der Waals surface area (Å²) in [5, 5.41) is 12.4. The second-order valence-corrected chi connectivity index (χ2v) is 15.9. The van der Waals surface area contributed by atoms with Gasteiger partial charge < -0.3 is 24.9 Å². The summed E-state index contributed by atoms with van der Waals surface area (Å²) in [6.07, 6.45) is 0.763. The summed E-state index contributed by atoms with van der Waals surface area (Å²) in [6.45, 7) is 6.46. The topological polar surface area (TPSA) is 131 Å². The molecule has 11 nitrogen and oxygen atoms in total. The molecule has 53 heavy (non-hydrogen) atoms. The van der Waals surface area contributed by atoms with Gasteiger partial charge in [-0.2, -0.15) is 0 Å². The number of aromatic nitrogens is 1. The van der Waals surface area contributed by atoms with Gasteiger partial charge >= 0.3 is 5.97 Å². The van der Waals surface area contributed by atoms with E-state index in [2.05, 4.69) is 52.2 Å². The number of amides is 2. The van der Waals surface area contributed by atoms with Gasteiger partial charge in [-0.25, -0.2) is 9.78 Å². The van der Waals surface area contributed by atoms with Crippen LogP contribution < -0.4 is 10.6 Å². The maximum Gasteiger partial charge on any atom is 0.355 e. The highest BCUT2D eigenvalue weighted by atomic mass is 32.2. The van der Waals surface area contributed by atoms with Crippen LogP contribution in [0.5, 0.6) is 0 Å². The molecule has 2 N–H and O–H groups in total. The number of oxime groups is 1. The Morgan fingerprint density at radius 1 is 0.943 bits per heavy atom. The third kappa shape index (κ3) is 7.20. The number of esters is 1. The number of thioether (sulfide) groups is 1. The van der Waals surface area contributed by atoms with Gasteiger partial charge in [0.15, 0.2) is 10.8 Å². The Morgan fingerprint density at radius 3 is 2.08 bits per heavy atom. The van der Waals surface area contributed by atoms with Gasteiger partial charge in [0.2, 0.25) is 0 Å². The minimum absolute atomic E-state index is 0.0183. The molecule has 3 atom stereocenters. The van der Waals surface area contributed by atoms with Crippen molar-refractivity contribution >= 4 is 51.7 Å². The molecule has 3 aliphatic heterocycles. The van der Waals surface area contributed by atoms with E-state index in [1.165, 1.54) is 35.1 Å². The number of β-lactam (4-membered cyclic amide) rings is 1. The molecule has 0 saturated carbocycles. The summed E-state index contributed by atoms with van der Waals surface area (Å²) in [6, 6.07) is 29.5. The smallest absolute Gasteiger partial charge is 0.355 e. The van der Waals surface area contributed by atoms with Crippen LogP contribution in [0, 0.1) is 5.92 Å². The molecule has 3 aliphatic rings. The van der Waals surface area contributed by atoms with Crippen molar-refractivity contribution in [3.8, 4) is 0 Å². The Labute approximate surface area is 316 Å². The first-order valence-electron chi connectivity index (χ1n) is 17.4. The largest absolute Gasteiger partial charge is 0.455 e. The lowest BCUT2D eigenvalue weighted by molar-refractivity contribution is -0.158. The molecule has 1 unspecified atom stereocenters. The lowest BCUT2D eigenvalue weighted by Gasteiger charge is -2.50. The van der Waals surface area contributed by atoms with Crippen LogP contribution in [0.1, 0.15) is 49.6 Å². The molecular weight excluding hydrogens is 711 g/mol. The van der Waals surface area contributed by atoms with Crippen molar-refractivity contribution < 1.29 is 28.7 Å². The molecule has 0 bridgehead atoms. The molecular formula is C40H41N5O6S2. The van der Waals surface area contributed by atoms with Gasteiger partial charge in [0.05, 0.1) is 6.61 Å². The number of carbonyl (C=O) groups excluding carboxylic acids is 3. The van der Waals surface area contributed by atoms with Crippen LogP contribution in [0.25, 0.3) is 0 Å². The van der Waals surface area contributed by atoms with Crippen molar-refractivity contribution in [3.63, 3.8) is 0 Å². The van der Waals surface area contributed by atoms with Crippen LogP contribution in [0.15, 0.2) is 113 Å². The van der Waals surface area contributed by atoms with Gasteiger partial charge in [-0.3, -0.25) is 14.5 Å². The average molecular weight is 752 g/mol.